The minimum atomic E-state index is -1.64. The number of nitrogens with zero attached hydrogens (tertiary/aromatic N) is 1. The molecule has 0 bridgehead atoms. The second kappa shape index (κ2) is 7.72. The van der Waals surface area contributed by atoms with Crippen LogP contribution in [0.5, 0.6) is 0 Å². The number of amides is 2. The topological polar surface area (TPSA) is 83.9 Å². The number of hydrogen-bond donors (Lipinski definition) is 1. The van der Waals surface area contributed by atoms with E-state index in [9.17, 15) is 19.5 Å². The Morgan fingerprint density at radius 2 is 1.48 bits per heavy atom. The van der Waals surface area contributed by atoms with Crippen molar-refractivity contribution in [2.75, 3.05) is 0 Å². The SMILES string of the molecule is CC(C)OC(=O)[C@@H](O)[C@H](Cc1ccccc1)N1C(=O)c2ccccc2C1=O. The molecule has 0 saturated heterocycles. The Kier molecular flexibility index (Phi) is 5.37. The molecule has 1 aliphatic heterocycles. The summed E-state index contributed by atoms with van der Waals surface area (Å²) in [6, 6.07) is 14.5. The average molecular weight is 367 g/mol. The number of rotatable bonds is 6. The molecular formula is C21H21NO5. The highest BCUT2D eigenvalue weighted by Crippen LogP contribution is 2.27. The molecule has 0 unspecified atom stereocenters. The number of esters is 1. The number of imide groups is 1. The lowest BCUT2D eigenvalue weighted by Crippen LogP contribution is -2.51. The molecule has 0 spiro atoms. The van der Waals surface area contributed by atoms with E-state index < -0.39 is 36.0 Å². The second-order valence-electron chi connectivity index (χ2n) is 6.71. The van der Waals surface area contributed by atoms with Crippen LogP contribution in [0.4, 0.5) is 0 Å². The number of aliphatic hydroxyl groups is 1. The summed E-state index contributed by atoms with van der Waals surface area (Å²) in [5, 5.41) is 10.6. The Morgan fingerprint density at radius 3 is 2.00 bits per heavy atom. The maximum atomic E-state index is 12.8. The number of fused-ring (bicyclic) bond motifs is 1. The summed E-state index contributed by atoms with van der Waals surface area (Å²) in [5.41, 5.74) is 1.32. The van der Waals surface area contributed by atoms with Gasteiger partial charge in [-0.15, -0.1) is 0 Å². The zero-order valence-corrected chi connectivity index (χ0v) is 15.2. The van der Waals surface area contributed by atoms with Gasteiger partial charge in [-0.1, -0.05) is 42.5 Å². The third-order valence-electron chi connectivity index (χ3n) is 4.40. The van der Waals surface area contributed by atoms with Gasteiger partial charge < -0.3 is 9.84 Å². The molecule has 140 valence electrons. The molecule has 27 heavy (non-hydrogen) atoms. The molecule has 1 heterocycles. The first-order chi connectivity index (χ1) is 12.9. The van der Waals surface area contributed by atoms with Gasteiger partial charge in [-0.2, -0.15) is 0 Å². The fraction of sp³-hybridized carbons (Fsp3) is 0.286. The predicted molar refractivity (Wildman–Crippen MR) is 98.1 cm³/mol. The first-order valence-electron chi connectivity index (χ1n) is 8.79. The van der Waals surface area contributed by atoms with E-state index >= 15 is 0 Å². The van der Waals surface area contributed by atoms with E-state index in [1.807, 2.05) is 30.3 Å². The van der Waals surface area contributed by atoms with Gasteiger partial charge in [0.25, 0.3) is 11.8 Å². The van der Waals surface area contributed by atoms with Crippen LogP contribution in [0.15, 0.2) is 54.6 Å². The van der Waals surface area contributed by atoms with Crippen LogP contribution in [0.1, 0.15) is 40.1 Å². The number of carbonyl (C=O) groups is 3. The minimum Gasteiger partial charge on any atom is -0.461 e. The summed E-state index contributed by atoms with van der Waals surface area (Å²) >= 11 is 0. The van der Waals surface area contributed by atoms with Crippen LogP contribution in [-0.2, 0) is 16.0 Å². The van der Waals surface area contributed by atoms with E-state index in [2.05, 4.69) is 0 Å². The lowest BCUT2D eigenvalue weighted by atomic mass is 9.99. The van der Waals surface area contributed by atoms with Gasteiger partial charge in [-0.05, 0) is 38.0 Å². The van der Waals surface area contributed by atoms with Crippen LogP contribution in [0.2, 0.25) is 0 Å². The normalized spacial score (nSPS) is 15.6. The van der Waals surface area contributed by atoms with Crippen LogP contribution in [0.25, 0.3) is 0 Å². The van der Waals surface area contributed by atoms with E-state index in [-0.39, 0.29) is 17.5 Å². The third kappa shape index (κ3) is 3.75. The molecule has 2 atom stereocenters. The lowest BCUT2D eigenvalue weighted by molar-refractivity contribution is -0.160. The van der Waals surface area contributed by atoms with Gasteiger partial charge in [0.1, 0.15) is 0 Å². The van der Waals surface area contributed by atoms with Crippen molar-refractivity contribution in [1.29, 1.82) is 0 Å². The standard InChI is InChI=1S/C21H21NO5/c1-13(2)27-21(26)18(23)17(12-14-8-4-3-5-9-14)22-19(24)15-10-6-7-11-16(15)20(22)25/h3-11,13,17-18,23H,12H2,1-2H3/t17-,18-/m0/s1. The Bertz CT molecular complexity index is 827. The summed E-state index contributed by atoms with van der Waals surface area (Å²) in [5.74, 6) is -1.90. The predicted octanol–water partition coefficient (Wildman–Crippen LogP) is 2.21. The molecule has 0 fully saturated rings. The fourth-order valence-electron chi connectivity index (χ4n) is 3.17. The molecule has 2 aromatic rings. The van der Waals surface area contributed by atoms with E-state index in [0.29, 0.717) is 0 Å². The Morgan fingerprint density at radius 1 is 0.963 bits per heavy atom. The Hall–Kier alpha value is -2.99. The summed E-state index contributed by atoms with van der Waals surface area (Å²) < 4.78 is 5.10. The van der Waals surface area contributed by atoms with Gasteiger partial charge in [0.2, 0.25) is 0 Å². The third-order valence-corrected chi connectivity index (χ3v) is 4.40. The monoisotopic (exact) mass is 367 g/mol. The van der Waals surface area contributed by atoms with Crippen LogP contribution in [0, 0.1) is 0 Å². The Labute approximate surface area is 157 Å². The second-order valence-corrected chi connectivity index (χ2v) is 6.71. The molecule has 0 aliphatic carbocycles. The highest BCUT2D eigenvalue weighted by molar-refractivity contribution is 6.21. The lowest BCUT2D eigenvalue weighted by Gasteiger charge is -2.29. The first kappa shape index (κ1) is 18.8. The van der Waals surface area contributed by atoms with E-state index in [1.165, 1.54) is 0 Å². The number of benzene rings is 2. The summed E-state index contributed by atoms with van der Waals surface area (Å²) in [6.45, 7) is 3.33. The van der Waals surface area contributed by atoms with Crippen molar-refractivity contribution in [3.05, 3.63) is 71.3 Å². The zero-order valence-electron chi connectivity index (χ0n) is 15.2. The minimum absolute atomic E-state index is 0.140. The number of ether oxygens (including phenoxy) is 1. The van der Waals surface area contributed by atoms with Crippen molar-refractivity contribution in [2.24, 2.45) is 0 Å². The van der Waals surface area contributed by atoms with Crippen molar-refractivity contribution in [1.82, 2.24) is 4.90 Å². The summed E-state index contributed by atoms with van der Waals surface area (Å²) in [7, 11) is 0. The molecule has 6 nitrogen and oxygen atoms in total. The van der Waals surface area contributed by atoms with Crippen molar-refractivity contribution in [3.63, 3.8) is 0 Å². The van der Waals surface area contributed by atoms with Gasteiger partial charge in [0.15, 0.2) is 6.10 Å². The van der Waals surface area contributed by atoms with Crippen molar-refractivity contribution < 1.29 is 24.2 Å². The molecule has 0 aromatic heterocycles. The maximum absolute atomic E-state index is 12.8. The van der Waals surface area contributed by atoms with Gasteiger partial charge >= 0.3 is 5.97 Å². The molecular weight excluding hydrogens is 346 g/mol. The molecule has 0 saturated carbocycles. The van der Waals surface area contributed by atoms with E-state index in [0.717, 1.165) is 10.5 Å². The Balaban J connectivity index is 1.96. The first-order valence-corrected chi connectivity index (χ1v) is 8.79. The van der Waals surface area contributed by atoms with E-state index in [4.69, 9.17) is 4.74 Å². The quantitative estimate of drug-likeness (QED) is 0.625. The van der Waals surface area contributed by atoms with Gasteiger partial charge in [-0.3, -0.25) is 14.5 Å². The molecule has 2 amide bonds. The summed E-state index contributed by atoms with van der Waals surface area (Å²) in [4.78, 5) is 38.9. The van der Waals surface area contributed by atoms with Crippen molar-refractivity contribution in [3.8, 4) is 0 Å². The number of hydrogen-bond acceptors (Lipinski definition) is 5. The fourth-order valence-corrected chi connectivity index (χ4v) is 3.17. The maximum Gasteiger partial charge on any atom is 0.337 e. The van der Waals surface area contributed by atoms with Crippen molar-refractivity contribution in [2.45, 2.75) is 38.5 Å². The van der Waals surface area contributed by atoms with Crippen LogP contribution in [-0.4, -0.2) is 46.0 Å². The van der Waals surface area contributed by atoms with Gasteiger partial charge in [-0.25, -0.2) is 4.79 Å². The van der Waals surface area contributed by atoms with Crippen LogP contribution < -0.4 is 0 Å². The number of carbonyl (C=O) groups excluding carboxylic acids is 3. The van der Waals surface area contributed by atoms with Gasteiger partial charge in [0, 0.05) is 0 Å². The smallest absolute Gasteiger partial charge is 0.337 e. The van der Waals surface area contributed by atoms with Gasteiger partial charge in [0.05, 0.1) is 23.3 Å². The molecule has 2 aromatic carbocycles. The average Bonchev–Trinajstić information content (AvgIpc) is 2.91. The van der Waals surface area contributed by atoms with E-state index in [1.54, 1.807) is 38.1 Å². The van der Waals surface area contributed by atoms with Crippen LogP contribution in [0.3, 0.4) is 0 Å². The highest BCUT2D eigenvalue weighted by Gasteiger charge is 2.44. The molecule has 1 aliphatic rings. The summed E-state index contributed by atoms with van der Waals surface area (Å²) in [6.07, 6.45) is -1.93. The number of aliphatic hydroxyl groups excluding tert-OH is 1. The molecule has 3 rings (SSSR count). The molecule has 6 heteroatoms. The van der Waals surface area contributed by atoms with Crippen LogP contribution >= 0.6 is 0 Å². The van der Waals surface area contributed by atoms with Crippen molar-refractivity contribution >= 4 is 17.8 Å². The molecule has 0 radical (unpaired) electrons. The highest BCUT2D eigenvalue weighted by atomic mass is 16.6. The zero-order chi connectivity index (χ0) is 19.6. The molecule has 1 N–H and O–H groups in total. The largest absolute Gasteiger partial charge is 0.461 e.